The van der Waals surface area contributed by atoms with E-state index in [2.05, 4.69) is 15.6 Å². The Morgan fingerprint density at radius 2 is 2.20 bits per heavy atom. The molecule has 0 radical (unpaired) electrons. The van der Waals surface area contributed by atoms with Gasteiger partial charge in [0.2, 0.25) is 11.8 Å². The first-order valence-electron chi connectivity index (χ1n) is 7.58. The molecule has 3 unspecified atom stereocenters. The largest absolute Gasteiger partial charge is 0.444 e. The minimum atomic E-state index is -0.158. The van der Waals surface area contributed by atoms with E-state index >= 15 is 0 Å². The summed E-state index contributed by atoms with van der Waals surface area (Å²) in [5.41, 5.74) is 0. The number of nitrogens with zero attached hydrogens (tertiary/aromatic N) is 1. The molecule has 110 valence electrons. The maximum atomic E-state index is 12.1. The van der Waals surface area contributed by atoms with E-state index in [0.717, 1.165) is 18.6 Å². The quantitative estimate of drug-likeness (QED) is 0.884. The monoisotopic (exact) mass is 277 g/mol. The van der Waals surface area contributed by atoms with Gasteiger partial charge in [-0.1, -0.05) is 0 Å². The number of carbonyl (C=O) groups is 1. The summed E-state index contributed by atoms with van der Waals surface area (Å²) < 4.78 is 5.44. The van der Waals surface area contributed by atoms with Crippen molar-refractivity contribution in [2.75, 3.05) is 0 Å². The van der Waals surface area contributed by atoms with E-state index < -0.39 is 0 Å². The Labute approximate surface area is 119 Å². The minimum absolute atomic E-state index is 0.111. The fraction of sp³-hybridized carbons (Fsp3) is 0.733. The number of hydrogen-bond donors (Lipinski definition) is 2. The molecule has 1 amide bonds. The SMILES string of the molecule is Cc1cnc(C(C)NC(=O)CC2CC3CCC(C2)N3)o1. The van der Waals surface area contributed by atoms with Crippen LogP contribution in [0.2, 0.25) is 0 Å². The third kappa shape index (κ3) is 3.03. The lowest BCUT2D eigenvalue weighted by Crippen LogP contribution is -2.40. The van der Waals surface area contributed by atoms with E-state index in [-0.39, 0.29) is 11.9 Å². The van der Waals surface area contributed by atoms with Crippen molar-refractivity contribution in [1.29, 1.82) is 0 Å². The maximum absolute atomic E-state index is 12.1. The third-order valence-corrected chi connectivity index (χ3v) is 4.43. The number of aryl methyl sites for hydroxylation is 1. The molecule has 5 nitrogen and oxygen atoms in total. The van der Waals surface area contributed by atoms with E-state index in [1.807, 2.05) is 13.8 Å². The summed E-state index contributed by atoms with van der Waals surface area (Å²) in [4.78, 5) is 16.3. The first-order valence-corrected chi connectivity index (χ1v) is 7.58. The number of carbonyl (C=O) groups excluding carboxylic acids is 1. The van der Waals surface area contributed by atoms with Crippen LogP contribution >= 0.6 is 0 Å². The lowest BCUT2D eigenvalue weighted by molar-refractivity contribution is -0.123. The van der Waals surface area contributed by atoms with Crippen molar-refractivity contribution in [3.63, 3.8) is 0 Å². The Morgan fingerprint density at radius 1 is 1.50 bits per heavy atom. The molecule has 3 heterocycles. The lowest BCUT2D eigenvalue weighted by Gasteiger charge is -2.28. The van der Waals surface area contributed by atoms with Crippen molar-refractivity contribution in [3.8, 4) is 0 Å². The van der Waals surface area contributed by atoms with Gasteiger partial charge in [-0.05, 0) is 45.4 Å². The molecule has 1 aromatic rings. The van der Waals surface area contributed by atoms with Gasteiger partial charge in [-0.25, -0.2) is 4.98 Å². The Bertz CT molecular complexity index is 473. The summed E-state index contributed by atoms with van der Waals surface area (Å²) in [6.45, 7) is 3.77. The van der Waals surface area contributed by atoms with Gasteiger partial charge >= 0.3 is 0 Å². The fourth-order valence-corrected chi connectivity index (χ4v) is 3.54. The lowest BCUT2D eigenvalue weighted by atomic mass is 9.89. The molecule has 0 spiro atoms. The standard InChI is InChI=1S/C15H23N3O2/c1-9-8-16-15(20-9)10(2)17-14(19)7-11-5-12-3-4-13(6-11)18-12/h8,10-13,18H,3-7H2,1-2H3,(H,17,19). The average Bonchev–Trinajstić information content (AvgIpc) is 2.95. The van der Waals surface area contributed by atoms with Crippen molar-refractivity contribution in [2.24, 2.45) is 5.92 Å². The maximum Gasteiger partial charge on any atom is 0.220 e. The van der Waals surface area contributed by atoms with Crippen molar-refractivity contribution in [2.45, 2.75) is 64.1 Å². The number of amides is 1. The highest BCUT2D eigenvalue weighted by Gasteiger charge is 2.34. The molecule has 3 rings (SSSR count). The van der Waals surface area contributed by atoms with Gasteiger partial charge < -0.3 is 15.1 Å². The van der Waals surface area contributed by atoms with Crippen LogP contribution in [-0.2, 0) is 4.79 Å². The second-order valence-corrected chi connectivity index (χ2v) is 6.28. The summed E-state index contributed by atoms with van der Waals surface area (Å²) >= 11 is 0. The second-order valence-electron chi connectivity index (χ2n) is 6.28. The normalized spacial score (nSPS) is 30.2. The van der Waals surface area contributed by atoms with Crippen molar-refractivity contribution < 1.29 is 9.21 Å². The van der Waals surface area contributed by atoms with E-state index in [1.165, 1.54) is 12.8 Å². The highest BCUT2D eigenvalue weighted by Crippen LogP contribution is 2.32. The number of oxazole rings is 1. The van der Waals surface area contributed by atoms with Crippen molar-refractivity contribution in [3.05, 3.63) is 17.8 Å². The minimum Gasteiger partial charge on any atom is -0.444 e. The first kappa shape index (κ1) is 13.6. The van der Waals surface area contributed by atoms with Crippen LogP contribution in [0.15, 0.2) is 10.6 Å². The fourth-order valence-electron chi connectivity index (χ4n) is 3.54. The zero-order chi connectivity index (χ0) is 14.1. The summed E-state index contributed by atoms with van der Waals surface area (Å²) in [5.74, 6) is 1.99. The third-order valence-electron chi connectivity index (χ3n) is 4.43. The van der Waals surface area contributed by atoms with E-state index in [1.54, 1.807) is 6.20 Å². The summed E-state index contributed by atoms with van der Waals surface area (Å²) in [5, 5.41) is 6.60. The van der Waals surface area contributed by atoms with Crippen LogP contribution < -0.4 is 10.6 Å². The zero-order valence-electron chi connectivity index (χ0n) is 12.2. The number of aromatic nitrogens is 1. The van der Waals surface area contributed by atoms with E-state index in [9.17, 15) is 4.79 Å². The van der Waals surface area contributed by atoms with Crippen LogP contribution in [0.1, 0.15) is 56.7 Å². The average molecular weight is 277 g/mol. The molecular weight excluding hydrogens is 254 g/mol. The molecule has 5 heteroatoms. The van der Waals surface area contributed by atoms with Gasteiger partial charge in [-0.2, -0.15) is 0 Å². The Morgan fingerprint density at radius 3 is 2.80 bits per heavy atom. The summed E-state index contributed by atoms with van der Waals surface area (Å²) in [7, 11) is 0. The molecule has 2 saturated heterocycles. The van der Waals surface area contributed by atoms with Crippen LogP contribution in [0.25, 0.3) is 0 Å². The van der Waals surface area contributed by atoms with Gasteiger partial charge in [0.25, 0.3) is 0 Å². The number of nitrogens with one attached hydrogen (secondary N) is 2. The second kappa shape index (κ2) is 5.56. The first-order chi connectivity index (χ1) is 9.60. The molecular formula is C15H23N3O2. The molecule has 0 aliphatic carbocycles. The smallest absolute Gasteiger partial charge is 0.220 e. The molecule has 20 heavy (non-hydrogen) atoms. The Kier molecular flexibility index (Phi) is 3.78. The van der Waals surface area contributed by atoms with Crippen LogP contribution in [0.3, 0.4) is 0 Å². The molecule has 0 saturated carbocycles. The molecule has 0 aromatic carbocycles. The molecule has 2 N–H and O–H groups in total. The van der Waals surface area contributed by atoms with Crippen LogP contribution in [0, 0.1) is 12.8 Å². The predicted octanol–water partition coefficient (Wildman–Crippen LogP) is 2.08. The Hall–Kier alpha value is -1.36. The zero-order valence-corrected chi connectivity index (χ0v) is 12.2. The van der Waals surface area contributed by atoms with Crippen LogP contribution in [0.5, 0.6) is 0 Å². The van der Waals surface area contributed by atoms with Gasteiger partial charge in [-0.15, -0.1) is 0 Å². The van der Waals surface area contributed by atoms with Gasteiger partial charge in [0.15, 0.2) is 0 Å². The van der Waals surface area contributed by atoms with Crippen molar-refractivity contribution >= 4 is 5.91 Å². The number of rotatable bonds is 4. The molecule has 3 atom stereocenters. The van der Waals surface area contributed by atoms with Crippen LogP contribution in [0.4, 0.5) is 0 Å². The van der Waals surface area contributed by atoms with Gasteiger partial charge in [-0.3, -0.25) is 4.79 Å². The molecule has 2 bridgehead atoms. The number of fused-ring (bicyclic) bond motifs is 2. The van der Waals surface area contributed by atoms with E-state index in [4.69, 9.17) is 4.42 Å². The predicted molar refractivity (Wildman–Crippen MR) is 75.1 cm³/mol. The molecule has 2 aliphatic heterocycles. The van der Waals surface area contributed by atoms with Gasteiger partial charge in [0.05, 0.1) is 6.20 Å². The molecule has 1 aromatic heterocycles. The van der Waals surface area contributed by atoms with E-state index in [0.29, 0.717) is 30.3 Å². The number of piperidine rings is 1. The van der Waals surface area contributed by atoms with Crippen LogP contribution in [-0.4, -0.2) is 23.0 Å². The van der Waals surface area contributed by atoms with Gasteiger partial charge in [0, 0.05) is 18.5 Å². The van der Waals surface area contributed by atoms with Crippen molar-refractivity contribution in [1.82, 2.24) is 15.6 Å². The number of hydrogen-bond acceptors (Lipinski definition) is 4. The molecule has 2 fully saturated rings. The Balaban J connectivity index is 1.49. The topological polar surface area (TPSA) is 67.2 Å². The van der Waals surface area contributed by atoms with Gasteiger partial charge in [0.1, 0.15) is 11.8 Å². The summed E-state index contributed by atoms with van der Waals surface area (Å²) in [6, 6.07) is 1.12. The summed E-state index contributed by atoms with van der Waals surface area (Å²) in [6.07, 6.45) is 7.12. The highest BCUT2D eigenvalue weighted by atomic mass is 16.4. The highest BCUT2D eigenvalue weighted by molar-refractivity contribution is 5.76. The molecule has 2 aliphatic rings.